The fourth-order valence-electron chi connectivity index (χ4n) is 6.43. The van der Waals surface area contributed by atoms with Gasteiger partial charge in [0.15, 0.2) is 0 Å². The van der Waals surface area contributed by atoms with Crippen LogP contribution in [-0.2, 0) is 13.0 Å². The molecule has 4 aliphatic carbocycles. The SMILES string of the molecule is c1c(OCCCCNC2CCC3CC4CC2CC4C3)nn2c1CCCC2. The molecule has 6 rings (SSSR count). The summed E-state index contributed by atoms with van der Waals surface area (Å²) in [6, 6.07) is 2.94. The Balaban J connectivity index is 1.01. The molecule has 0 amide bonds. The van der Waals surface area contributed by atoms with Gasteiger partial charge in [0.05, 0.1) is 6.61 Å². The van der Waals surface area contributed by atoms with Crippen LogP contribution in [0.4, 0.5) is 0 Å². The number of aryl methyl sites for hydroxylation is 2. The van der Waals surface area contributed by atoms with E-state index < -0.39 is 0 Å². The topological polar surface area (TPSA) is 39.1 Å². The Morgan fingerprint density at radius 3 is 2.77 bits per heavy atom. The molecule has 26 heavy (non-hydrogen) atoms. The molecule has 4 fully saturated rings. The summed E-state index contributed by atoms with van der Waals surface area (Å²) in [5.41, 5.74) is 1.35. The van der Waals surface area contributed by atoms with Crippen LogP contribution in [0.2, 0.25) is 0 Å². The number of ether oxygens (including phenoxy) is 1. The lowest BCUT2D eigenvalue weighted by Crippen LogP contribution is -2.37. The molecule has 1 aromatic heterocycles. The molecule has 1 aromatic rings. The summed E-state index contributed by atoms with van der Waals surface area (Å²) in [6.07, 6.45) is 15.1. The molecule has 1 aliphatic heterocycles. The highest BCUT2D eigenvalue weighted by molar-refractivity contribution is 5.16. The van der Waals surface area contributed by atoms with E-state index >= 15 is 0 Å². The average Bonchev–Trinajstić information content (AvgIpc) is 3.31. The van der Waals surface area contributed by atoms with Crippen molar-refractivity contribution in [3.05, 3.63) is 11.8 Å². The number of rotatable bonds is 7. The zero-order valence-corrected chi connectivity index (χ0v) is 16.2. The van der Waals surface area contributed by atoms with Crippen LogP contribution in [-0.4, -0.2) is 29.0 Å². The van der Waals surface area contributed by atoms with Crippen molar-refractivity contribution >= 4 is 0 Å². The number of unbranched alkanes of at least 4 members (excludes halogenated alkanes) is 1. The summed E-state index contributed by atoms with van der Waals surface area (Å²) in [5, 5.41) is 8.50. The normalized spacial score (nSPS) is 35.3. The fourth-order valence-corrected chi connectivity index (χ4v) is 6.43. The summed E-state index contributed by atoms with van der Waals surface area (Å²) in [5.74, 6) is 5.04. The molecule has 3 unspecified atom stereocenters. The molecule has 5 aliphatic rings. The van der Waals surface area contributed by atoms with Gasteiger partial charge in [-0.25, -0.2) is 0 Å². The van der Waals surface area contributed by atoms with Gasteiger partial charge in [0.25, 0.3) is 0 Å². The maximum Gasteiger partial charge on any atom is 0.232 e. The Morgan fingerprint density at radius 2 is 1.92 bits per heavy atom. The quantitative estimate of drug-likeness (QED) is 0.744. The molecule has 1 N–H and O–H groups in total. The molecule has 0 spiro atoms. The lowest BCUT2D eigenvalue weighted by atomic mass is 9.83. The first-order valence-electron chi connectivity index (χ1n) is 11.3. The Kier molecular flexibility index (Phi) is 4.95. The standard InChI is InChI=1S/C22H35N3O/c1-3-9-25-20(5-1)15-22(24-25)26-10-4-2-8-23-21-7-6-16-11-17-13-19(21)14-18(17)12-16/h15-19,21,23H,1-14H2. The van der Waals surface area contributed by atoms with Crippen molar-refractivity contribution in [2.45, 2.75) is 83.2 Å². The van der Waals surface area contributed by atoms with E-state index in [1.165, 1.54) is 50.6 Å². The first-order valence-corrected chi connectivity index (χ1v) is 11.3. The Hall–Kier alpha value is -1.03. The molecule has 4 heteroatoms. The highest BCUT2D eigenvalue weighted by Crippen LogP contribution is 2.53. The maximum atomic E-state index is 5.90. The molecule has 2 heterocycles. The predicted molar refractivity (Wildman–Crippen MR) is 103 cm³/mol. The molecule has 0 aromatic carbocycles. The highest BCUT2D eigenvalue weighted by atomic mass is 16.5. The predicted octanol–water partition coefficient (Wildman–Crippen LogP) is 4.18. The first-order chi connectivity index (χ1) is 12.8. The zero-order chi connectivity index (χ0) is 17.3. The van der Waals surface area contributed by atoms with Crippen LogP contribution in [0.1, 0.15) is 69.9 Å². The molecule has 4 nitrogen and oxygen atoms in total. The van der Waals surface area contributed by atoms with E-state index in [1.54, 1.807) is 12.8 Å². The molecule has 4 bridgehead atoms. The number of fused-ring (bicyclic) bond motifs is 3. The van der Waals surface area contributed by atoms with E-state index in [-0.39, 0.29) is 0 Å². The molecule has 0 saturated heterocycles. The van der Waals surface area contributed by atoms with Gasteiger partial charge in [0.1, 0.15) is 0 Å². The van der Waals surface area contributed by atoms with Gasteiger partial charge in [-0.1, -0.05) is 0 Å². The van der Waals surface area contributed by atoms with E-state index in [9.17, 15) is 0 Å². The van der Waals surface area contributed by atoms with E-state index in [0.29, 0.717) is 0 Å². The third-order valence-electron chi connectivity index (χ3n) is 7.73. The van der Waals surface area contributed by atoms with Gasteiger partial charge in [-0.2, -0.15) is 0 Å². The summed E-state index contributed by atoms with van der Waals surface area (Å²) < 4.78 is 8.03. The largest absolute Gasteiger partial charge is 0.477 e. The summed E-state index contributed by atoms with van der Waals surface area (Å²) in [7, 11) is 0. The van der Waals surface area contributed by atoms with Crippen molar-refractivity contribution in [3.8, 4) is 5.88 Å². The second-order valence-corrected chi connectivity index (χ2v) is 9.44. The number of hydrogen-bond donors (Lipinski definition) is 1. The van der Waals surface area contributed by atoms with Gasteiger partial charge in [-0.15, -0.1) is 5.10 Å². The molecular formula is C22H35N3O. The van der Waals surface area contributed by atoms with Crippen LogP contribution in [0.15, 0.2) is 6.07 Å². The van der Waals surface area contributed by atoms with Gasteiger partial charge in [-0.3, -0.25) is 4.68 Å². The molecule has 4 saturated carbocycles. The smallest absolute Gasteiger partial charge is 0.232 e. The third-order valence-corrected chi connectivity index (χ3v) is 7.73. The Bertz CT molecular complexity index is 575. The summed E-state index contributed by atoms with van der Waals surface area (Å²) >= 11 is 0. The van der Waals surface area contributed by atoms with Crippen molar-refractivity contribution in [3.63, 3.8) is 0 Å². The van der Waals surface area contributed by atoms with Crippen molar-refractivity contribution < 1.29 is 4.74 Å². The minimum atomic E-state index is 0.798. The van der Waals surface area contributed by atoms with Crippen molar-refractivity contribution in [1.29, 1.82) is 0 Å². The lowest BCUT2D eigenvalue weighted by molar-refractivity contribution is 0.251. The van der Waals surface area contributed by atoms with Crippen LogP contribution >= 0.6 is 0 Å². The van der Waals surface area contributed by atoms with Gasteiger partial charge >= 0.3 is 0 Å². The molecule has 3 atom stereocenters. The second kappa shape index (κ2) is 7.53. The van der Waals surface area contributed by atoms with Gasteiger partial charge in [-0.05, 0) is 101 Å². The number of hydrogen-bond acceptors (Lipinski definition) is 3. The number of nitrogens with zero attached hydrogens (tertiary/aromatic N) is 2. The van der Waals surface area contributed by atoms with E-state index in [4.69, 9.17) is 4.74 Å². The lowest BCUT2D eigenvalue weighted by Gasteiger charge is -2.30. The fraction of sp³-hybridized carbons (Fsp3) is 0.864. The maximum absolute atomic E-state index is 5.90. The second-order valence-electron chi connectivity index (χ2n) is 9.44. The van der Waals surface area contributed by atoms with Crippen LogP contribution in [0.3, 0.4) is 0 Å². The Morgan fingerprint density at radius 1 is 1.04 bits per heavy atom. The van der Waals surface area contributed by atoms with Crippen molar-refractivity contribution in [2.75, 3.05) is 13.2 Å². The minimum absolute atomic E-state index is 0.798. The zero-order valence-electron chi connectivity index (χ0n) is 16.2. The molecule has 0 radical (unpaired) electrons. The highest BCUT2D eigenvalue weighted by Gasteiger charge is 2.45. The molecule has 144 valence electrons. The van der Waals surface area contributed by atoms with E-state index in [1.807, 2.05) is 0 Å². The Labute approximate surface area is 158 Å². The summed E-state index contributed by atoms with van der Waals surface area (Å²) in [4.78, 5) is 0. The van der Waals surface area contributed by atoms with E-state index in [2.05, 4.69) is 21.2 Å². The van der Waals surface area contributed by atoms with Gasteiger partial charge < -0.3 is 10.1 Å². The van der Waals surface area contributed by atoms with Gasteiger partial charge in [0, 0.05) is 24.3 Å². The van der Waals surface area contributed by atoms with Crippen molar-refractivity contribution in [1.82, 2.24) is 15.1 Å². The molecular weight excluding hydrogens is 322 g/mol. The van der Waals surface area contributed by atoms with Crippen LogP contribution < -0.4 is 10.1 Å². The summed E-state index contributed by atoms with van der Waals surface area (Å²) in [6.45, 7) is 3.02. The number of nitrogens with one attached hydrogen (secondary N) is 1. The van der Waals surface area contributed by atoms with Crippen LogP contribution in [0, 0.1) is 23.7 Å². The number of aromatic nitrogens is 2. The average molecular weight is 358 g/mol. The monoisotopic (exact) mass is 357 g/mol. The van der Waals surface area contributed by atoms with Gasteiger partial charge in [0.2, 0.25) is 5.88 Å². The van der Waals surface area contributed by atoms with Crippen LogP contribution in [0.5, 0.6) is 5.88 Å². The minimum Gasteiger partial charge on any atom is -0.477 e. The van der Waals surface area contributed by atoms with Crippen LogP contribution in [0.25, 0.3) is 0 Å². The van der Waals surface area contributed by atoms with Crippen molar-refractivity contribution in [2.24, 2.45) is 23.7 Å². The van der Waals surface area contributed by atoms with E-state index in [0.717, 1.165) is 68.1 Å². The third kappa shape index (κ3) is 3.54. The first kappa shape index (κ1) is 17.1.